The van der Waals surface area contributed by atoms with E-state index in [0.717, 1.165) is 16.8 Å². The van der Waals surface area contributed by atoms with Crippen molar-refractivity contribution in [3.63, 3.8) is 0 Å². The standard InChI is InChI=1S/C23H24FN5O3/c1-32-20-10-17(24)9-19(11-20)29(5-2-7-30)18-3-4-21-22(12-18)27-23(14-25-21)16-13-26-28(15-16)6-8-31/h3-4,9-15,30-31H,2,5-8H2,1H3. The lowest BCUT2D eigenvalue weighted by Crippen LogP contribution is -2.19. The summed E-state index contributed by atoms with van der Waals surface area (Å²) in [5.74, 6) is 0.00728. The van der Waals surface area contributed by atoms with Crippen molar-refractivity contribution in [3.8, 4) is 17.0 Å². The molecule has 0 saturated heterocycles. The summed E-state index contributed by atoms with van der Waals surface area (Å²) < 4.78 is 21.0. The van der Waals surface area contributed by atoms with Gasteiger partial charge in [-0.2, -0.15) is 5.10 Å². The highest BCUT2D eigenvalue weighted by Crippen LogP contribution is 2.31. The Bertz CT molecular complexity index is 1210. The van der Waals surface area contributed by atoms with Crippen molar-refractivity contribution in [1.29, 1.82) is 0 Å². The number of rotatable bonds is 9. The van der Waals surface area contributed by atoms with Gasteiger partial charge in [-0.1, -0.05) is 0 Å². The molecule has 2 N–H and O–H groups in total. The Morgan fingerprint density at radius 2 is 1.91 bits per heavy atom. The van der Waals surface area contributed by atoms with Gasteiger partial charge in [0.1, 0.15) is 11.6 Å². The van der Waals surface area contributed by atoms with Crippen molar-refractivity contribution in [3.05, 3.63) is 60.8 Å². The van der Waals surface area contributed by atoms with Crippen LogP contribution in [0.5, 0.6) is 5.75 Å². The fourth-order valence-electron chi connectivity index (χ4n) is 3.49. The monoisotopic (exact) mass is 437 g/mol. The van der Waals surface area contributed by atoms with E-state index in [1.165, 1.54) is 19.2 Å². The zero-order valence-corrected chi connectivity index (χ0v) is 17.6. The maximum absolute atomic E-state index is 14.2. The number of hydrogen-bond donors (Lipinski definition) is 2. The first kappa shape index (κ1) is 21.7. The average Bonchev–Trinajstić information content (AvgIpc) is 3.27. The second-order valence-corrected chi connectivity index (χ2v) is 7.22. The normalized spacial score (nSPS) is 11.1. The summed E-state index contributed by atoms with van der Waals surface area (Å²) in [6.07, 6.45) is 5.68. The van der Waals surface area contributed by atoms with Gasteiger partial charge in [0.25, 0.3) is 0 Å². The molecule has 2 aromatic heterocycles. The van der Waals surface area contributed by atoms with Crippen LogP contribution in [-0.4, -0.2) is 56.8 Å². The highest BCUT2D eigenvalue weighted by molar-refractivity contribution is 5.82. The number of benzene rings is 2. The predicted molar refractivity (Wildman–Crippen MR) is 120 cm³/mol. The summed E-state index contributed by atoms with van der Waals surface area (Å²) in [5.41, 5.74) is 4.26. The first-order chi connectivity index (χ1) is 15.6. The van der Waals surface area contributed by atoms with E-state index >= 15 is 0 Å². The van der Waals surface area contributed by atoms with Crippen LogP contribution in [-0.2, 0) is 6.54 Å². The van der Waals surface area contributed by atoms with Gasteiger partial charge in [0.15, 0.2) is 0 Å². The quantitative estimate of drug-likeness (QED) is 0.415. The van der Waals surface area contributed by atoms with E-state index in [2.05, 4.69) is 10.1 Å². The molecule has 0 unspecified atom stereocenters. The van der Waals surface area contributed by atoms with Crippen molar-refractivity contribution in [1.82, 2.24) is 19.7 Å². The molecule has 2 aromatic carbocycles. The number of hydrogen-bond acceptors (Lipinski definition) is 7. The van der Waals surface area contributed by atoms with Gasteiger partial charge in [-0.25, -0.2) is 9.37 Å². The molecule has 4 aromatic rings. The minimum absolute atomic E-state index is 0.00240. The molecule has 4 rings (SSSR count). The molecule has 8 nitrogen and oxygen atoms in total. The van der Waals surface area contributed by atoms with Crippen molar-refractivity contribution in [2.24, 2.45) is 0 Å². The summed E-state index contributed by atoms with van der Waals surface area (Å²) in [7, 11) is 1.49. The number of aliphatic hydroxyl groups excluding tert-OH is 2. The number of aromatic nitrogens is 4. The minimum atomic E-state index is -0.406. The molecule has 32 heavy (non-hydrogen) atoms. The van der Waals surface area contributed by atoms with Gasteiger partial charge in [-0.3, -0.25) is 9.67 Å². The highest BCUT2D eigenvalue weighted by Gasteiger charge is 2.14. The SMILES string of the molecule is COc1cc(F)cc(N(CCCO)c2ccc3ncc(-c4cnn(CCO)c4)nc3c2)c1. The van der Waals surface area contributed by atoms with E-state index < -0.39 is 5.82 Å². The average molecular weight is 437 g/mol. The number of fused-ring (bicyclic) bond motifs is 1. The lowest BCUT2D eigenvalue weighted by molar-refractivity contribution is 0.269. The molecular weight excluding hydrogens is 413 g/mol. The molecule has 0 saturated carbocycles. The molecule has 2 heterocycles. The third-order valence-corrected chi connectivity index (χ3v) is 5.04. The lowest BCUT2D eigenvalue weighted by atomic mass is 10.2. The van der Waals surface area contributed by atoms with Crippen molar-refractivity contribution in [2.75, 3.05) is 31.8 Å². The number of nitrogens with zero attached hydrogens (tertiary/aromatic N) is 5. The molecule has 0 fully saturated rings. The molecule has 0 amide bonds. The van der Waals surface area contributed by atoms with E-state index in [1.54, 1.807) is 23.1 Å². The fraction of sp³-hybridized carbons (Fsp3) is 0.261. The summed E-state index contributed by atoms with van der Waals surface area (Å²) in [4.78, 5) is 11.1. The van der Waals surface area contributed by atoms with E-state index in [1.807, 2.05) is 29.3 Å². The number of aliphatic hydroxyl groups is 2. The van der Waals surface area contributed by atoms with Crippen LogP contribution in [0, 0.1) is 5.82 Å². The Balaban J connectivity index is 1.74. The van der Waals surface area contributed by atoms with E-state index in [9.17, 15) is 9.50 Å². The molecule has 0 radical (unpaired) electrons. The molecule has 0 spiro atoms. The Morgan fingerprint density at radius 3 is 2.69 bits per heavy atom. The van der Waals surface area contributed by atoms with Gasteiger partial charge in [0.05, 0.1) is 49.4 Å². The van der Waals surface area contributed by atoms with Crippen molar-refractivity contribution < 1.29 is 19.3 Å². The third-order valence-electron chi connectivity index (χ3n) is 5.04. The zero-order valence-electron chi connectivity index (χ0n) is 17.6. The molecule has 0 aliphatic carbocycles. The zero-order chi connectivity index (χ0) is 22.5. The highest BCUT2D eigenvalue weighted by atomic mass is 19.1. The third kappa shape index (κ3) is 4.68. The van der Waals surface area contributed by atoms with E-state index in [0.29, 0.717) is 42.2 Å². The van der Waals surface area contributed by atoms with Gasteiger partial charge in [0.2, 0.25) is 0 Å². The van der Waals surface area contributed by atoms with Gasteiger partial charge >= 0.3 is 0 Å². The smallest absolute Gasteiger partial charge is 0.128 e. The van der Waals surface area contributed by atoms with Crippen LogP contribution in [0.2, 0.25) is 0 Å². The van der Waals surface area contributed by atoms with Crippen molar-refractivity contribution in [2.45, 2.75) is 13.0 Å². The first-order valence-electron chi connectivity index (χ1n) is 10.2. The van der Waals surface area contributed by atoms with Crippen LogP contribution < -0.4 is 9.64 Å². The molecule has 0 aliphatic rings. The largest absolute Gasteiger partial charge is 0.497 e. The Morgan fingerprint density at radius 1 is 1.03 bits per heavy atom. The van der Waals surface area contributed by atoms with Gasteiger partial charge in [-0.05, 0) is 30.7 Å². The lowest BCUT2D eigenvalue weighted by Gasteiger charge is -2.25. The summed E-state index contributed by atoms with van der Waals surface area (Å²) in [6, 6.07) is 10.1. The maximum atomic E-state index is 14.2. The minimum Gasteiger partial charge on any atom is -0.497 e. The van der Waals surface area contributed by atoms with E-state index in [-0.39, 0.29) is 13.2 Å². The van der Waals surface area contributed by atoms with Crippen LogP contribution >= 0.6 is 0 Å². The fourth-order valence-corrected chi connectivity index (χ4v) is 3.49. The van der Waals surface area contributed by atoms with Gasteiger partial charge in [-0.15, -0.1) is 0 Å². The van der Waals surface area contributed by atoms with Crippen LogP contribution in [0.15, 0.2) is 55.0 Å². The molecule has 0 atom stereocenters. The van der Waals surface area contributed by atoms with Gasteiger partial charge in [0, 0.05) is 48.4 Å². The van der Waals surface area contributed by atoms with Gasteiger partial charge < -0.3 is 19.8 Å². The predicted octanol–water partition coefficient (Wildman–Crippen LogP) is 3.15. The number of ether oxygens (including phenoxy) is 1. The Kier molecular flexibility index (Phi) is 6.58. The number of methoxy groups -OCH3 is 1. The molecule has 0 aliphatic heterocycles. The maximum Gasteiger partial charge on any atom is 0.128 e. The number of anilines is 2. The first-order valence-corrected chi connectivity index (χ1v) is 10.2. The molecule has 9 heteroatoms. The van der Waals surface area contributed by atoms with Crippen LogP contribution in [0.3, 0.4) is 0 Å². The molecule has 0 bridgehead atoms. The molecular formula is C23H24FN5O3. The van der Waals surface area contributed by atoms with E-state index in [4.69, 9.17) is 14.8 Å². The van der Waals surface area contributed by atoms with Crippen LogP contribution in [0.1, 0.15) is 6.42 Å². The van der Waals surface area contributed by atoms with Crippen molar-refractivity contribution >= 4 is 22.4 Å². The van der Waals surface area contributed by atoms with Crippen LogP contribution in [0.25, 0.3) is 22.3 Å². The Labute approximate surface area is 184 Å². The molecule has 166 valence electrons. The second-order valence-electron chi connectivity index (χ2n) is 7.22. The topological polar surface area (TPSA) is 96.5 Å². The second kappa shape index (κ2) is 9.71. The van der Waals surface area contributed by atoms with Crippen LogP contribution in [0.4, 0.5) is 15.8 Å². The Hall–Kier alpha value is -3.56. The number of halogens is 1. The summed E-state index contributed by atoms with van der Waals surface area (Å²) >= 11 is 0. The summed E-state index contributed by atoms with van der Waals surface area (Å²) in [6.45, 7) is 0.901. The summed E-state index contributed by atoms with van der Waals surface area (Å²) in [5, 5.41) is 22.7.